The average Bonchev–Trinajstić information content (AvgIpc) is 3.32. The predicted octanol–water partition coefficient (Wildman–Crippen LogP) is 1.17. The maximum Gasteiger partial charge on any atom is 0.243 e. The molecule has 2 aliphatic rings. The molecular weight excluding hydrogens is 293 g/mol. The quantitative estimate of drug-likeness (QED) is 0.840. The summed E-state index contributed by atoms with van der Waals surface area (Å²) in [6, 6.07) is 5.67. The standard InChI is InChI=1S/C14H16FN3O2S/c15-14-4-3-13(9-11(14)10-16)21(19,20)18-7-5-17(6-8-18)12-1-2-12/h3-4,9,12H,1-2,5-8H2. The predicted molar refractivity (Wildman–Crippen MR) is 74.5 cm³/mol. The van der Waals surface area contributed by atoms with Gasteiger partial charge in [-0.25, -0.2) is 12.8 Å². The molecule has 1 saturated heterocycles. The van der Waals surface area contributed by atoms with Crippen LogP contribution in [0.5, 0.6) is 0 Å². The van der Waals surface area contributed by atoms with Crippen LogP contribution in [0.25, 0.3) is 0 Å². The Hall–Kier alpha value is -1.49. The first-order chi connectivity index (χ1) is 10.0. The van der Waals surface area contributed by atoms with Crippen LogP contribution in [0, 0.1) is 17.1 Å². The van der Waals surface area contributed by atoms with Gasteiger partial charge in [0.2, 0.25) is 10.0 Å². The third-order valence-corrected chi connectivity index (χ3v) is 5.93. The number of hydrogen-bond acceptors (Lipinski definition) is 4. The van der Waals surface area contributed by atoms with E-state index in [9.17, 15) is 12.8 Å². The van der Waals surface area contributed by atoms with Crippen LogP contribution in [-0.4, -0.2) is 49.8 Å². The number of piperazine rings is 1. The first kappa shape index (κ1) is 14.4. The largest absolute Gasteiger partial charge is 0.298 e. The normalized spacial score (nSPS) is 21.1. The molecule has 0 aromatic heterocycles. The second kappa shape index (κ2) is 5.37. The third kappa shape index (κ3) is 2.79. The van der Waals surface area contributed by atoms with E-state index in [0.29, 0.717) is 19.1 Å². The van der Waals surface area contributed by atoms with Crippen molar-refractivity contribution in [2.75, 3.05) is 26.2 Å². The van der Waals surface area contributed by atoms with Gasteiger partial charge in [-0.15, -0.1) is 0 Å². The Morgan fingerprint density at radius 3 is 2.43 bits per heavy atom. The summed E-state index contributed by atoms with van der Waals surface area (Å²) in [5.41, 5.74) is -0.243. The van der Waals surface area contributed by atoms with Crippen LogP contribution in [0.15, 0.2) is 23.1 Å². The monoisotopic (exact) mass is 309 g/mol. The summed E-state index contributed by atoms with van der Waals surface area (Å²) in [5, 5.41) is 8.82. The second-order valence-corrected chi connectivity index (χ2v) is 7.36. The molecule has 0 amide bonds. The molecule has 1 heterocycles. The van der Waals surface area contributed by atoms with Gasteiger partial charge in [-0.3, -0.25) is 4.90 Å². The zero-order valence-electron chi connectivity index (χ0n) is 11.5. The summed E-state index contributed by atoms with van der Waals surface area (Å²) in [6.45, 7) is 2.35. The van der Waals surface area contributed by atoms with E-state index in [2.05, 4.69) is 4.90 Å². The molecular formula is C14H16FN3O2S. The second-order valence-electron chi connectivity index (χ2n) is 5.42. The van der Waals surface area contributed by atoms with Crippen LogP contribution in [0.1, 0.15) is 18.4 Å². The molecule has 0 radical (unpaired) electrons. The van der Waals surface area contributed by atoms with E-state index in [4.69, 9.17) is 5.26 Å². The molecule has 0 N–H and O–H groups in total. The smallest absolute Gasteiger partial charge is 0.243 e. The molecule has 1 aliphatic heterocycles. The van der Waals surface area contributed by atoms with Gasteiger partial charge >= 0.3 is 0 Å². The lowest BCUT2D eigenvalue weighted by molar-refractivity contribution is 0.180. The van der Waals surface area contributed by atoms with Crippen molar-refractivity contribution in [1.82, 2.24) is 9.21 Å². The first-order valence-electron chi connectivity index (χ1n) is 6.96. The van der Waals surface area contributed by atoms with Crippen molar-refractivity contribution in [2.45, 2.75) is 23.8 Å². The molecule has 1 aromatic rings. The Bertz CT molecular complexity index is 687. The van der Waals surface area contributed by atoms with Gasteiger partial charge in [0.15, 0.2) is 0 Å². The van der Waals surface area contributed by atoms with Crippen LogP contribution in [0.4, 0.5) is 4.39 Å². The molecule has 0 unspecified atom stereocenters. The van der Waals surface area contributed by atoms with Gasteiger partial charge in [0.05, 0.1) is 10.5 Å². The lowest BCUT2D eigenvalue weighted by Crippen LogP contribution is -2.49. The van der Waals surface area contributed by atoms with Crippen molar-refractivity contribution < 1.29 is 12.8 Å². The molecule has 0 atom stereocenters. The first-order valence-corrected chi connectivity index (χ1v) is 8.40. The van der Waals surface area contributed by atoms with Crippen LogP contribution in [-0.2, 0) is 10.0 Å². The van der Waals surface area contributed by atoms with E-state index in [1.165, 1.54) is 23.2 Å². The fourth-order valence-corrected chi connectivity index (χ4v) is 4.10. The van der Waals surface area contributed by atoms with E-state index in [1.807, 2.05) is 0 Å². The minimum Gasteiger partial charge on any atom is -0.298 e. The Balaban J connectivity index is 1.79. The molecule has 1 aromatic carbocycles. The van der Waals surface area contributed by atoms with Gasteiger partial charge < -0.3 is 0 Å². The summed E-state index contributed by atoms with van der Waals surface area (Å²) < 4.78 is 39.8. The highest BCUT2D eigenvalue weighted by atomic mass is 32.2. The van der Waals surface area contributed by atoms with Gasteiger partial charge in [-0.2, -0.15) is 9.57 Å². The van der Waals surface area contributed by atoms with Crippen LogP contribution in [0.2, 0.25) is 0 Å². The maximum absolute atomic E-state index is 13.3. The summed E-state index contributed by atoms with van der Waals surface area (Å²) in [6.07, 6.45) is 2.41. The van der Waals surface area contributed by atoms with Crippen molar-refractivity contribution in [1.29, 1.82) is 5.26 Å². The zero-order chi connectivity index (χ0) is 15.0. The number of benzene rings is 1. The molecule has 1 saturated carbocycles. The van der Waals surface area contributed by atoms with Crippen molar-refractivity contribution in [3.63, 3.8) is 0 Å². The summed E-state index contributed by atoms with van der Waals surface area (Å²) in [5.74, 6) is -0.699. The Labute approximate surface area is 123 Å². The number of hydrogen-bond donors (Lipinski definition) is 0. The highest BCUT2D eigenvalue weighted by Crippen LogP contribution is 2.28. The average molecular weight is 309 g/mol. The highest BCUT2D eigenvalue weighted by molar-refractivity contribution is 7.89. The summed E-state index contributed by atoms with van der Waals surface area (Å²) >= 11 is 0. The van der Waals surface area contributed by atoms with Gasteiger partial charge in [0, 0.05) is 32.2 Å². The molecule has 0 spiro atoms. The molecule has 0 bridgehead atoms. The lowest BCUT2D eigenvalue weighted by Gasteiger charge is -2.34. The maximum atomic E-state index is 13.3. The SMILES string of the molecule is N#Cc1cc(S(=O)(=O)N2CCN(C3CC3)CC2)ccc1F. The van der Waals surface area contributed by atoms with E-state index >= 15 is 0 Å². The molecule has 1 aliphatic carbocycles. The minimum atomic E-state index is -3.65. The van der Waals surface area contributed by atoms with E-state index < -0.39 is 15.8 Å². The minimum absolute atomic E-state index is 0.0136. The van der Waals surface area contributed by atoms with Gasteiger partial charge in [0.1, 0.15) is 11.9 Å². The van der Waals surface area contributed by atoms with Crippen molar-refractivity contribution in [2.24, 2.45) is 0 Å². The zero-order valence-corrected chi connectivity index (χ0v) is 12.3. The van der Waals surface area contributed by atoms with Crippen LogP contribution >= 0.6 is 0 Å². The number of halogens is 1. The molecule has 5 nitrogen and oxygen atoms in total. The van der Waals surface area contributed by atoms with E-state index in [-0.39, 0.29) is 10.5 Å². The summed E-state index contributed by atoms with van der Waals surface area (Å²) in [7, 11) is -3.65. The number of nitriles is 1. The Kier molecular flexibility index (Phi) is 3.69. The Morgan fingerprint density at radius 2 is 1.86 bits per heavy atom. The molecule has 7 heteroatoms. The molecule has 3 rings (SSSR count). The lowest BCUT2D eigenvalue weighted by atomic mass is 10.2. The topological polar surface area (TPSA) is 64.4 Å². The van der Waals surface area contributed by atoms with Gasteiger partial charge in [-0.1, -0.05) is 0 Å². The fraction of sp³-hybridized carbons (Fsp3) is 0.500. The molecule has 21 heavy (non-hydrogen) atoms. The van der Waals surface area contributed by atoms with Gasteiger partial charge in [0.25, 0.3) is 0 Å². The third-order valence-electron chi connectivity index (χ3n) is 4.03. The Morgan fingerprint density at radius 1 is 1.19 bits per heavy atom. The van der Waals surface area contributed by atoms with Crippen LogP contribution in [0.3, 0.4) is 0 Å². The summed E-state index contributed by atoms with van der Waals surface area (Å²) in [4.78, 5) is 2.30. The van der Waals surface area contributed by atoms with E-state index in [1.54, 1.807) is 6.07 Å². The van der Waals surface area contributed by atoms with Crippen LogP contribution < -0.4 is 0 Å². The van der Waals surface area contributed by atoms with Crippen molar-refractivity contribution in [3.05, 3.63) is 29.6 Å². The molecule has 112 valence electrons. The number of rotatable bonds is 3. The highest BCUT2D eigenvalue weighted by Gasteiger charge is 2.35. The van der Waals surface area contributed by atoms with E-state index in [0.717, 1.165) is 25.2 Å². The number of nitrogens with zero attached hydrogens (tertiary/aromatic N) is 3. The van der Waals surface area contributed by atoms with Crippen molar-refractivity contribution in [3.8, 4) is 6.07 Å². The van der Waals surface area contributed by atoms with Crippen molar-refractivity contribution >= 4 is 10.0 Å². The molecule has 2 fully saturated rings. The fourth-order valence-electron chi connectivity index (χ4n) is 2.65. The van der Waals surface area contributed by atoms with Gasteiger partial charge in [-0.05, 0) is 31.0 Å². The number of sulfonamides is 1.